The lowest BCUT2D eigenvalue weighted by atomic mass is 10.1. The molecule has 0 aliphatic heterocycles. The Kier molecular flexibility index (Phi) is 4.31. The minimum Gasteiger partial charge on any atom is -0.264 e. The van der Waals surface area contributed by atoms with Gasteiger partial charge in [0.15, 0.2) is 5.82 Å². The molecule has 0 saturated carbocycles. The lowest BCUT2D eigenvalue weighted by Gasteiger charge is -1.99. The Hall–Kier alpha value is -2.14. The minimum atomic E-state index is 0.760. The summed E-state index contributed by atoms with van der Waals surface area (Å²) in [5.41, 5.74) is 3.55. The number of aryl methyl sites for hydroxylation is 1. The summed E-state index contributed by atoms with van der Waals surface area (Å²) in [5.74, 6) is 1.64. The molecule has 0 bridgehead atoms. The Morgan fingerprint density at radius 1 is 1.14 bits per heavy atom. The zero-order valence-electron chi connectivity index (χ0n) is 11.8. The molecule has 106 valence electrons. The van der Waals surface area contributed by atoms with Crippen LogP contribution in [-0.4, -0.2) is 20.2 Å². The lowest BCUT2D eigenvalue weighted by molar-refractivity contribution is 0.973. The van der Waals surface area contributed by atoms with E-state index in [-0.39, 0.29) is 0 Å². The summed E-state index contributed by atoms with van der Waals surface area (Å²) in [5, 5.41) is 8.04. The van der Waals surface area contributed by atoms with Gasteiger partial charge >= 0.3 is 0 Å². The van der Waals surface area contributed by atoms with Gasteiger partial charge < -0.3 is 0 Å². The molecular weight excluding hydrogens is 280 g/mol. The number of thioether (sulfide) groups is 1. The van der Waals surface area contributed by atoms with Gasteiger partial charge in [-0.3, -0.25) is 10.1 Å². The average Bonchev–Trinajstić information content (AvgIpc) is 3.03. The Bertz CT molecular complexity index is 709. The first-order valence-electron chi connectivity index (χ1n) is 6.88. The number of pyridine rings is 1. The molecule has 0 spiro atoms. The van der Waals surface area contributed by atoms with E-state index in [0.29, 0.717) is 0 Å². The first-order valence-corrected chi connectivity index (χ1v) is 7.87. The number of hydrogen-bond acceptors (Lipinski definition) is 4. The second kappa shape index (κ2) is 6.54. The topological polar surface area (TPSA) is 54.5 Å². The van der Waals surface area contributed by atoms with Crippen LogP contribution >= 0.6 is 11.8 Å². The summed E-state index contributed by atoms with van der Waals surface area (Å²) in [4.78, 5) is 8.65. The van der Waals surface area contributed by atoms with Gasteiger partial charge in [-0.1, -0.05) is 43.0 Å². The van der Waals surface area contributed by atoms with Gasteiger partial charge in [0.1, 0.15) is 0 Å². The molecule has 0 radical (unpaired) electrons. The number of rotatable bonds is 5. The number of aromatic nitrogens is 4. The van der Waals surface area contributed by atoms with Crippen molar-refractivity contribution in [2.45, 2.75) is 24.3 Å². The highest BCUT2D eigenvalue weighted by Gasteiger charge is 2.07. The quantitative estimate of drug-likeness (QED) is 0.729. The van der Waals surface area contributed by atoms with Crippen LogP contribution in [0, 0.1) is 0 Å². The summed E-state index contributed by atoms with van der Waals surface area (Å²) in [6.45, 7) is 2.15. The van der Waals surface area contributed by atoms with Gasteiger partial charge in [-0.25, -0.2) is 4.98 Å². The van der Waals surface area contributed by atoms with Crippen molar-refractivity contribution in [1.82, 2.24) is 20.2 Å². The van der Waals surface area contributed by atoms with E-state index in [4.69, 9.17) is 0 Å². The average molecular weight is 296 g/mol. The van der Waals surface area contributed by atoms with Gasteiger partial charge in [-0.05, 0) is 29.7 Å². The highest BCUT2D eigenvalue weighted by Crippen LogP contribution is 2.22. The molecule has 0 unspecified atom stereocenters. The fourth-order valence-electron chi connectivity index (χ4n) is 2.01. The first-order chi connectivity index (χ1) is 10.3. The SMILES string of the molecule is CCc1cccc(-c2nc(SCc3cccnc3)n[nH]2)c1. The van der Waals surface area contributed by atoms with Crippen molar-refractivity contribution in [1.29, 1.82) is 0 Å². The molecule has 0 aliphatic rings. The van der Waals surface area contributed by atoms with Crippen LogP contribution in [0.3, 0.4) is 0 Å². The van der Waals surface area contributed by atoms with Crippen LogP contribution in [-0.2, 0) is 12.2 Å². The molecule has 5 heteroatoms. The van der Waals surface area contributed by atoms with Crippen LogP contribution in [0.5, 0.6) is 0 Å². The monoisotopic (exact) mass is 296 g/mol. The third kappa shape index (κ3) is 3.49. The number of aromatic amines is 1. The molecule has 3 aromatic rings. The third-order valence-corrected chi connectivity index (χ3v) is 4.08. The summed E-state index contributed by atoms with van der Waals surface area (Å²) in [6, 6.07) is 12.4. The van der Waals surface area contributed by atoms with Crippen LogP contribution in [0.2, 0.25) is 0 Å². The minimum absolute atomic E-state index is 0.760. The molecular formula is C16H16N4S. The Morgan fingerprint density at radius 2 is 2.05 bits per heavy atom. The zero-order chi connectivity index (χ0) is 14.5. The van der Waals surface area contributed by atoms with Gasteiger partial charge in [-0.15, -0.1) is 5.10 Å². The van der Waals surface area contributed by atoms with Crippen molar-refractivity contribution in [2.75, 3.05) is 0 Å². The molecule has 1 aromatic carbocycles. The van der Waals surface area contributed by atoms with E-state index in [1.54, 1.807) is 18.0 Å². The van der Waals surface area contributed by atoms with Crippen molar-refractivity contribution in [3.8, 4) is 11.4 Å². The highest BCUT2D eigenvalue weighted by atomic mass is 32.2. The van der Waals surface area contributed by atoms with Gasteiger partial charge in [0, 0.05) is 23.7 Å². The number of benzene rings is 1. The standard InChI is InChI=1S/C16H16N4S/c1-2-12-5-3-7-14(9-12)15-18-16(20-19-15)21-11-13-6-4-8-17-10-13/h3-10H,2,11H2,1H3,(H,18,19,20). The van der Waals surface area contributed by atoms with Crippen molar-refractivity contribution >= 4 is 11.8 Å². The van der Waals surface area contributed by atoms with Gasteiger partial charge in [0.25, 0.3) is 0 Å². The molecule has 21 heavy (non-hydrogen) atoms. The number of nitrogens with one attached hydrogen (secondary N) is 1. The third-order valence-electron chi connectivity index (χ3n) is 3.16. The zero-order valence-corrected chi connectivity index (χ0v) is 12.6. The molecule has 3 rings (SSSR count). The van der Waals surface area contributed by atoms with Crippen LogP contribution in [0.1, 0.15) is 18.1 Å². The summed E-state index contributed by atoms with van der Waals surface area (Å²) >= 11 is 1.61. The Morgan fingerprint density at radius 3 is 2.86 bits per heavy atom. The predicted octanol–water partition coefficient (Wildman–Crippen LogP) is 3.72. The molecule has 1 N–H and O–H groups in total. The number of hydrogen-bond donors (Lipinski definition) is 1. The smallest absolute Gasteiger partial charge is 0.209 e. The highest BCUT2D eigenvalue weighted by molar-refractivity contribution is 7.98. The normalized spacial score (nSPS) is 10.7. The largest absolute Gasteiger partial charge is 0.264 e. The lowest BCUT2D eigenvalue weighted by Crippen LogP contribution is -1.85. The maximum Gasteiger partial charge on any atom is 0.209 e. The van der Waals surface area contributed by atoms with E-state index in [1.165, 1.54) is 11.1 Å². The second-order valence-electron chi connectivity index (χ2n) is 4.67. The van der Waals surface area contributed by atoms with Gasteiger partial charge in [0.05, 0.1) is 0 Å². The second-order valence-corrected chi connectivity index (χ2v) is 5.61. The molecule has 0 atom stereocenters. The van der Waals surface area contributed by atoms with E-state index in [1.807, 2.05) is 12.3 Å². The fraction of sp³-hybridized carbons (Fsp3) is 0.188. The fourth-order valence-corrected chi connectivity index (χ4v) is 2.74. The van der Waals surface area contributed by atoms with E-state index in [0.717, 1.165) is 28.7 Å². The maximum atomic E-state index is 4.55. The molecule has 2 heterocycles. The van der Waals surface area contributed by atoms with Crippen molar-refractivity contribution in [2.24, 2.45) is 0 Å². The van der Waals surface area contributed by atoms with Crippen molar-refractivity contribution in [3.05, 3.63) is 59.9 Å². The predicted molar refractivity (Wildman–Crippen MR) is 85.0 cm³/mol. The summed E-state index contributed by atoms with van der Waals surface area (Å²) in [7, 11) is 0. The summed E-state index contributed by atoms with van der Waals surface area (Å²) in [6.07, 6.45) is 4.66. The van der Waals surface area contributed by atoms with Crippen LogP contribution < -0.4 is 0 Å². The van der Waals surface area contributed by atoms with Crippen LogP contribution in [0.4, 0.5) is 0 Å². The van der Waals surface area contributed by atoms with Crippen LogP contribution in [0.25, 0.3) is 11.4 Å². The first kappa shape index (κ1) is 13.8. The number of nitrogens with zero attached hydrogens (tertiary/aromatic N) is 3. The van der Waals surface area contributed by atoms with E-state index < -0.39 is 0 Å². The molecule has 4 nitrogen and oxygen atoms in total. The van der Waals surface area contributed by atoms with E-state index in [2.05, 4.69) is 57.4 Å². The van der Waals surface area contributed by atoms with Crippen molar-refractivity contribution in [3.63, 3.8) is 0 Å². The van der Waals surface area contributed by atoms with E-state index >= 15 is 0 Å². The molecule has 2 aromatic heterocycles. The van der Waals surface area contributed by atoms with Gasteiger partial charge in [0.2, 0.25) is 5.16 Å². The van der Waals surface area contributed by atoms with Crippen molar-refractivity contribution < 1.29 is 0 Å². The molecule has 0 saturated heterocycles. The van der Waals surface area contributed by atoms with Gasteiger partial charge in [-0.2, -0.15) is 0 Å². The maximum absolute atomic E-state index is 4.55. The molecule has 0 amide bonds. The van der Waals surface area contributed by atoms with E-state index in [9.17, 15) is 0 Å². The Balaban J connectivity index is 1.71. The number of H-pyrrole nitrogens is 1. The Labute approximate surface area is 128 Å². The molecule has 0 fully saturated rings. The van der Waals surface area contributed by atoms with Crippen LogP contribution in [0.15, 0.2) is 53.9 Å². The summed E-state index contributed by atoms with van der Waals surface area (Å²) < 4.78 is 0. The molecule has 0 aliphatic carbocycles.